The van der Waals surface area contributed by atoms with E-state index in [-0.39, 0.29) is 0 Å². The number of aliphatic hydroxyl groups excluding tert-OH is 1. The Bertz CT molecular complexity index is 544. The molecular weight excluding hydrogens is 294 g/mol. The van der Waals surface area contributed by atoms with Crippen molar-refractivity contribution < 1.29 is 5.11 Å². The third-order valence-electron chi connectivity index (χ3n) is 3.22. The van der Waals surface area contributed by atoms with Gasteiger partial charge in [0.25, 0.3) is 0 Å². The van der Waals surface area contributed by atoms with Crippen LogP contribution < -0.4 is 0 Å². The number of hydrogen-bond donors (Lipinski definition) is 1. The molecule has 20 heavy (non-hydrogen) atoms. The summed E-state index contributed by atoms with van der Waals surface area (Å²) in [6.07, 6.45) is -0.513. The summed E-state index contributed by atoms with van der Waals surface area (Å²) < 4.78 is 4.45. The van der Waals surface area contributed by atoms with Gasteiger partial charge in [-0.1, -0.05) is 52.8 Å². The number of aliphatic hydroxyl groups is 1. The first-order valence-corrected chi connectivity index (χ1v) is 7.69. The van der Waals surface area contributed by atoms with Gasteiger partial charge in [-0.2, -0.15) is 0 Å². The lowest BCUT2D eigenvalue weighted by atomic mass is 10.1. The molecule has 1 heterocycles. The Labute approximate surface area is 128 Å². The molecule has 0 saturated carbocycles. The van der Waals surface area contributed by atoms with Gasteiger partial charge in [0.1, 0.15) is 10.0 Å². The first-order valence-electron chi connectivity index (χ1n) is 6.54. The van der Waals surface area contributed by atoms with E-state index in [0.29, 0.717) is 17.4 Å². The van der Waals surface area contributed by atoms with Crippen molar-refractivity contribution in [3.63, 3.8) is 0 Å². The van der Waals surface area contributed by atoms with Crippen molar-refractivity contribution in [2.24, 2.45) is 0 Å². The van der Waals surface area contributed by atoms with Crippen LogP contribution in [0.1, 0.15) is 29.8 Å². The SMILES string of the molecule is CCN(Cc1nnsc1Cl)CC(O)c1ccc(C)cc1. The van der Waals surface area contributed by atoms with Crippen LogP contribution in [0.4, 0.5) is 0 Å². The van der Waals surface area contributed by atoms with Crippen molar-refractivity contribution in [3.05, 3.63) is 45.4 Å². The monoisotopic (exact) mass is 311 g/mol. The van der Waals surface area contributed by atoms with Gasteiger partial charge in [-0.15, -0.1) is 5.10 Å². The zero-order valence-electron chi connectivity index (χ0n) is 11.6. The molecule has 1 unspecified atom stereocenters. The molecule has 1 atom stereocenters. The van der Waals surface area contributed by atoms with E-state index >= 15 is 0 Å². The second kappa shape index (κ2) is 7.13. The van der Waals surface area contributed by atoms with Crippen molar-refractivity contribution >= 4 is 23.1 Å². The van der Waals surface area contributed by atoms with Crippen LogP contribution in [0.15, 0.2) is 24.3 Å². The third kappa shape index (κ3) is 3.99. The Hall–Kier alpha value is -1.01. The molecule has 108 valence electrons. The molecule has 0 radical (unpaired) electrons. The van der Waals surface area contributed by atoms with E-state index < -0.39 is 6.10 Å². The minimum Gasteiger partial charge on any atom is -0.387 e. The number of benzene rings is 1. The second-order valence-electron chi connectivity index (χ2n) is 4.75. The van der Waals surface area contributed by atoms with Gasteiger partial charge in [0.2, 0.25) is 0 Å². The van der Waals surface area contributed by atoms with Crippen LogP contribution in [-0.4, -0.2) is 32.7 Å². The molecule has 0 aliphatic heterocycles. The third-order valence-corrected chi connectivity index (χ3v) is 4.21. The second-order valence-corrected chi connectivity index (χ2v) is 6.10. The van der Waals surface area contributed by atoms with Crippen LogP contribution in [0.2, 0.25) is 4.34 Å². The minimum atomic E-state index is -0.513. The van der Waals surface area contributed by atoms with Crippen molar-refractivity contribution in [2.75, 3.05) is 13.1 Å². The smallest absolute Gasteiger partial charge is 0.138 e. The van der Waals surface area contributed by atoms with E-state index in [2.05, 4.69) is 21.4 Å². The zero-order chi connectivity index (χ0) is 14.5. The Morgan fingerprint density at radius 2 is 2.05 bits per heavy atom. The zero-order valence-corrected chi connectivity index (χ0v) is 13.2. The topological polar surface area (TPSA) is 49.2 Å². The predicted molar refractivity (Wildman–Crippen MR) is 82.0 cm³/mol. The van der Waals surface area contributed by atoms with Gasteiger partial charge in [0.15, 0.2) is 0 Å². The van der Waals surface area contributed by atoms with Gasteiger partial charge in [-0.25, -0.2) is 0 Å². The lowest BCUT2D eigenvalue weighted by molar-refractivity contribution is 0.111. The maximum atomic E-state index is 10.3. The first-order chi connectivity index (χ1) is 9.60. The molecule has 0 fully saturated rings. The van der Waals surface area contributed by atoms with Gasteiger partial charge in [-0.05, 0) is 19.0 Å². The number of aromatic nitrogens is 2. The molecule has 4 nitrogen and oxygen atoms in total. The highest BCUT2D eigenvalue weighted by molar-refractivity contribution is 7.10. The molecule has 0 aliphatic rings. The molecule has 1 aromatic carbocycles. The maximum absolute atomic E-state index is 10.3. The van der Waals surface area contributed by atoms with E-state index in [4.69, 9.17) is 11.6 Å². The molecule has 2 rings (SSSR count). The number of rotatable bonds is 6. The Morgan fingerprint density at radius 1 is 1.35 bits per heavy atom. The number of nitrogens with zero attached hydrogens (tertiary/aromatic N) is 3. The Kier molecular flexibility index (Phi) is 5.48. The van der Waals surface area contributed by atoms with Gasteiger partial charge in [-0.3, -0.25) is 4.90 Å². The van der Waals surface area contributed by atoms with Crippen LogP contribution in [0, 0.1) is 6.92 Å². The molecule has 0 bridgehead atoms. The maximum Gasteiger partial charge on any atom is 0.138 e. The lowest BCUT2D eigenvalue weighted by Gasteiger charge is -2.23. The van der Waals surface area contributed by atoms with Crippen LogP contribution in [-0.2, 0) is 6.54 Å². The van der Waals surface area contributed by atoms with Gasteiger partial charge in [0, 0.05) is 24.6 Å². The van der Waals surface area contributed by atoms with E-state index in [9.17, 15) is 5.11 Å². The van der Waals surface area contributed by atoms with Crippen LogP contribution in [0.5, 0.6) is 0 Å². The van der Waals surface area contributed by atoms with Crippen molar-refractivity contribution in [2.45, 2.75) is 26.5 Å². The van der Waals surface area contributed by atoms with Crippen LogP contribution in [0.3, 0.4) is 0 Å². The summed E-state index contributed by atoms with van der Waals surface area (Å²) in [5, 5.41) is 14.3. The molecule has 0 saturated heterocycles. The summed E-state index contributed by atoms with van der Waals surface area (Å²) >= 11 is 7.21. The number of halogens is 1. The number of likely N-dealkylation sites (N-methyl/N-ethyl adjacent to an activating group) is 1. The highest BCUT2D eigenvalue weighted by Crippen LogP contribution is 2.21. The summed E-state index contributed by atoms with van der Waals surface area (Å²) in [4.78, 5) is 2.10. The van der Waals surface area contributed by atoms with E-state index in [1.807, 2.05) is 31.2 Å². The van der Waals surface area contributed by atoms with E-state index in [0.717, 1.165) is 17.8 Å². The fraction of sp³-hybridized carbons (Fsp3) is 0.429. The van der Waals surface area contributed by atoms with Crippen molar-refractivity contribution in [3.8, 4) is 0 Å². The minimum absolute atomic E-state index is 0.513. The van der Waals surface area contributed by atoms with Gasteiger partial charge < -0.3 is 5.11 Å². The number of hydrogen-bond acceptors (Lipinski definition) is 5. The highest BCUT2D eigenvalue weighted by Gasteiger charge is 2.15. The van der Waals surface area contributed by atoms with Crippen LogP contribution in [0.25, 0.3) is 0 Å². The van der Waals surface area contributed by atoms with Gasteiger partial charge in [0.05, 0.1) is 6.10 Å². The van der Waals surface area contributed by atoms with Crippen molar-refractivity contribution in [1.29, 1.82) is 0 Å². The molecule has 2 aromatic rings. The molecule has 1 aromatic heterocycles. The van der Waals surface area contributed by atoms with Crippen LogP contribution >= 0.6 is 23.1 Å². The molecule has 6 heteroatoms. The average molecular weight is 312 g/mol. The first kappa shape index (κ1) is 15.4. The predicted octanol–water partition coefficient (Wildman–Crippen LogP) is 3.06. The standard InChI is InChI=1S/C14H18ClN3OS/c1-3-18(8-12-14(15)20-17-16-12)9-13(19)11-6-4-10(2)5-7-11/h4-7,13,19H,3,8-9H2,1-2H3. The van der Waals surface area contributed by atoms with Crippen molar-refractivity contribution in [1.82, 2.24) is 14.5 Å². The molecule has 0 spiro atoms. The molecule has 0 aliphatic carbocycles. The van der Waals surface area contributed by atoms with Gasteiger partial charge >= 0.3 is 0 Å². The Morgan fingerprint density at radius 3 is 2.60 bits per heavy atom. The summed E-state index contributed by atoms with van der Waals surface area (Å²) in [5.74, 6) is 0. The normalized spacial score (nSPS) is 12.8. The summed E-state index contributed by atoms with van der Waals surface area (Å²) in [6, 6.07) is 7.95. The van der Waals surface area contributed by atoms with E-state index in [1.54, 1.807) is 0 Å². The summed E-state index contributed by atoms with van der Waals surface area (Å²) in [5.41, 5.74) is 2.89. The fourth-order valence-corrected chi connectivity index (χ4v) is 2.56. The lowest BCUT2D eigenvalue weighted by Crippen LogP contribution is -2.28. The molecule has 0 amide bonds. The quantitative estimate of drug-likeness (QED) is 0.891. The fourth-order valence-electron chi connectivity index (χ4n) is 1.95. The summed E-state index contributed by atoms with van der Waals surface area (Å²) in [6.45, 7) is 6.06. The largest absolute Gasteiger partial charge is 0.387 e. The average Bonchev–Trinajstić information content (AvgIpc) is 2.84. The number of aryl methyl sites for hydroxylation is 1. The summed E-state index contributed by atoms with van der Waals surface area (Å²) in [7, 11) is 0. The Balaban J connectivity index is 1.99. The molecular formula is C14H18ClN3OS. The highest BCUT2D eigenvalue weighted by atomic mass is 35.5. The van der Waals surface area contributed by atoms with E-state index in [1.165, 1.54) is 17.1 Å². The molecule has 1 N–H and O–H groups in total.